The van der Waals surface area contributed by atoms with E-state index in [4.69, 9.17) is 21.1 Å². The van der Waals surface area contributed by atoms with Crippen LogP contribution in [0.3, 0.4) is 0 Å². The molecule has 0 saturated carbocycles. The highest BCUT2D eigenvalue weighted by atomic mass is 35.5. The number of halogens is 2. The van der Waals surface area contributed by atoms with Gasteiger partial charge in [-0.05, 0) is 44.4 Å². The number of carbonyl (C=O) groups excluding carboxylic acids is 1. The summed E-state index contributed by atoms with van der Waals surface area (Å²) in [6, 6.07) is 3.75. The molecule has 0 aromatic heterocycles. The molecule has 1 atom stereocenters. The number of hydrogen-bond donors (Lipinski definition) is 1. The smallest absolute Gasteiger partial charge is 0.254 e. The number of rotatable bonds is 7. The first kappa shape index (κ1) is 22.9. The number of nitrogens with one attached hydrogen (secondary N) is 1. The van der Waals surface area contributed by atoms with E-state index in [9.17, 15) is 4.79 Å². The number of amides is 1. The van der Waals surface area contributed by atoms with Crippen molar-refractivity contribution >= 4 is 29.9 Å². The lowest BCUT2D eigenvalue weighted by molar-refractivity contribution is 0.0697. The molecule has 1 fully saturated rings. The summed E-state index contributed by atoms with van der Waals surface area (Å²) in [5.41, 5.74) is 0.537. The molecule has 1 amide bonds. The molecule has 1 aromatic rings. The van der Waals surface area contributed by atoms with Crippen LogP contribution in [-0.4, -0.2) is 50.7 Å². The maximum atomic E-state index is 12.8. The highest BCUT2D eigenvalue weighted by Gasteiger charge is 2.25. The van der Waals surface area contributed by atoms with Gasteiger partial charge >= 0.3 is 0 Å². The minimum Gasteiger partial charge on any atom is -0.493 e. The Morgan fingerprint density at radius 1 is 1.42 bits per heavy atom. The van der Waals surface area contributed by atoms with Crippen LogP contribution in [0.5, 0.6) is 11.5 Å². The van der Waals surface area contributed by atoms with Gasteiger partial charge in [-0.3, -0.25) is 4.79 Å². The fraction of sp³-hybridized carbons (Fsp3) is 0.632. The maximum Gasteiger partial charge on any atom is 0.254 e. The molecule has 2 rings (SSSR count). The molecule has 148 valence electrons. The predicted octanol–water partition coefficient (Wildman–Crippen LogP) is 4.02. The van der Waals surface area contributed by atoms with Gasteiger partial charge in [-0.1, -0.05) is 25.4 Å². The lowest BCUT2D eigenvalue weighted by Crippen LogP contribution is -2.46. The Morgan fingerprint density at radius 3 is 2.77 bits per heavy atom. The molecule has 1 heterocycles. The van der Waals surface area contributed by atoms with Gasteiger partial charge in [0.25, 0.3) is 5.91 Å². The predicted molar refractivity (Wildman–Crippen MR) is 108 cm³/mol. The van der Waals surface area contributed by atoms with Crippen LogP contribution in [-0.2, 0) is 0 Å². The Labute approximate surface area is 167 Å². The van der Waals surface area contributed by atoms with Crippen LogP contribution in [0.4, 0.5) is 0 Å². The van der Waals surface area contributed by atoms with Crippen LogP contribution in [0.15, 0.2) is 12.1 Å². The Bertz CT molecular complexity index is 596. The van der Waals surface area contributed by atoms with Crippen molar-refractivity contribution < 1.29 is 14.3 Å². The molecule has 1 aliphatic heterocycles. The average Bonchev–Trinajstić information content (AvgIpc) is 2.61. The minimum absolute atomic E-state index is 0. The summed E-state index contributed by atoms with van der Waals surface area (Å²) in [5.74, 6) is 1.54. The van der Waals surface area contributed by atoms with Crippen LogP contribution >= 0.6 is 24.0 Å². The number of nitrogens with zero attached hydrogens (tertiary/aromatic N) is 1. The SMILES string of the molecule is CNC1CCCN(C(=O)c2cc(Cl)c(OCCC(C)C)c(OC)c2)C1.Cl. The van der Waals surface area contributed by atoms with E-state index < -0.39 is 0 Å². The molecule has 1 aliphatic rings. The van der Waals surface area contributed by atoms with Crippen molar-refractivity contribution in [3.8, 4) is 11.5 Å². The Hall–Kier alpha value is -1.17. The molecule has 1 saturated heterocycles. The van der Waals surface area contributed by atoms with Crippen LogP contribution in [0.1, 0.15) is 43.5 Å². The third-order valence-corrected chi connectivity index (χ3v) is 4.82. The van der Waals surface area contributed by atoms with Crippen molar-refractivity contribution in [2.24, 2.45) is 5.92 Å². The topological polar surface area (TPSA) is 50.8 Å². The van der Waals surface area contributed by atoms with E-state index in [0.717, 1.165) is 25.8 Å². The zero-order chi connectivity index (χ0) is 18.4. The lowest BCUT2D eigenvalue weighted by atomic mass is 10.0. The summed E-state index contributed by atoms with van der Waals surface area (Å²) in [7, 11) is 3.50. The van der Waals surface area contributed by atoms with Crippen LogP contribution in [0.2, 0.25) is 5.02 Å². The molecule has 0 bridgehead atoms. The van der Waals surface area contributed by atoms with E-state index in [1.807, 2.05) is 11.9 Å². The molecular weight excluding hydrogens is 375 g/mol. The van der Waals surface area contributed by atoms with Crippen LogP contribution in [0.25, 0.3) is 0 Å². The van der Waals surface area contributed by atoms with Gasteiger partial charge in [0.1, 0.15) is 0 Å². The first-order valence-corrected chi connectivity index (χ1v) is 9.31. The summed E-state index contributed by atoms with van der Waals surface area (Å²) in [5, 5.41) is 3.66. The fourth-order valence-electron chi connectivity index (χ4n) is 2.96. The Balaban J connectivity index is 0.00000338. The quantitative estimate of drug-likeness (QED) is 0.745. The van der Waals surface area contributed by atoms with Gasteiger partial charge in [-0.25, -0.2) is 0 Å². The molecule has 1 N–H and O–H groups in total. The monoisotopic (exact) mass is 404 g/mol. The van der Waals surface area contributed by atoms with Gasteiger partial charge in [0.15, 0.2) is 11.5 Å². The van der Waals surface area contributed by atoms with E-state index in [1.54, 1.807) is 19.2 Å². The van der Waals surface area contributed by atoms with Gasteiger partial charge < -0.3 is 19.7 Å². The molecule has 0 spiro atoms. The third-order valence-electron chi connectivity index (χ3n) is 4.53. The summed E-state index contributed by atoms with van der Waals surface area (Å²) < 4.78 is 11.2. The number of hydrogen-bond acceptors (Lipinski definition) is 4. The Kier molecular flexibility index (Phi) is 9.55. The normalized spacial score (nSPS) is 17.0. The van der Waals surface area contributed by atoms with Gasteiger partial charge in [0, 0.05) is 24.7 Å². The average molecular weight is 405 g/mol. The number of benzene rings is 1. The molecule has 7 heteroatoms. The number of piperidine rings is 1. The summed E-state index contributed by atoms with van der Waals surface area (Å²) in [4.78, 5) is 14.7. The fourth-order valence-corrected chi connectivity index (χ4v) is 3.23. The Morgan fingerprint density at radius 2 is 2.15 bits per heavy atom. The summed E-state index contributed by atoms with van der Waals surface area (Å²) in [6.45, 7) is 6.32. The van der Waals surface area contributed by atoms with Crippen LogP contribution < -0.4 is 14.8 Å². The number of carbonyl (C=O) groups is 1. The second-order valence-electron chi connectivity index (χ2n) is 6.90. The van der Waals surface area contributed by atoms with Crippen LogP contribution in [0, 0.1) is 5.92 Å². The van der Waals surface area contributed by atoms with Gasteiger partial charge in [0.2, 0.25) is 0 Å². The lowest BCUT2D eigenvalue weighted by Gasteiger charge is -2.32. The minimum atomic E-state index is -0.0196. The van der Waals surface area contributed by atoms with E-state index >= 15 is 0 Å². The molecule has 26 heavy (non-hydrogen) atoms. The first-order valence-electron chi connectivity index (χ1n) is 8.93. The second kappa shape index (κ2) is 10.9. The zero-order valence-electron chi connectivity index (χ0n) is 16.0. The van der Waals surface area contributed by atoms with Crippen molar-refractivity contribution in [1.29, 1.82) is 0 Å². The number of methoxy groups -OCH3 is 1. The second-order valence-corrected chi connectivity index (χ2v) is 7.31. The number of likely N-dealkylation sites (tertiary alicyclic amines) is 1. The van der Waals surface area contributed by atoms with E-state index in [2.05, 4.69) is 19.2 Å². The highest BCUT2D eigenvalue weighted by Crippen LogP contribution is 2.37. The molecule has 1 aromatic carbocycles. The summed E-state index contributed by atoms with van der Waals surface area (Å²) in [6.07, 6.45) is 3.02. The van der Waals surface area contributed by atoms with Crippen molar-refractivity contribution in [2.45, 2.75) is 39.2 Å². The first-order chi connectivity index (χ1) is 12.0. The molecule has 5 nitrogen and oxygen atoms in total. The van der Waals surface area contributed by atoms with Gasteiger partial charge in [-0.2, -0.15) is 0 Å². The van der Waals surface area contributed by atoms with E-state index in [-0.39, 0.29) is 18.3 Å². The van der Waals surface area contributed by atoms with Crippen molar-refractivity contribution in [1.82, 2.24) is 10.2 Å². The standard InChI is InChI=1S/C19H29ClN2O3.ClH/c1-13(2)7-9-25-18-16(20)10-14(11-17(18)24-4)19(23)22-8-5-6-15(12-22)21-3;/h10-11,13,15,21H,5-9,12H2,1-4H3;1H. The summed E-state index contributed by atoms with van der Waals surface area (Å²) >= 11 is 6.38. The molecular formula is C19H30Cl2N2O3. The zero-order valence-corrected chi connectivity index (χ0v) is 17.6. The van der Waals surface area contributed by atoms with Crippen molar-refractivity contribution in [3.05, 3.63) is 22.7 Å². The largest absolute Gasteiger partial charge is 0.493 e. The van der Waals surface area contributed by atoms with E-state index in [0.29, 0.717) is 47.2 Å². The highest BCUT2D eigenvalue weighted by molar-refractivity contribution is 6.32. The third kappa shape index (κ3) is 5.93. The van der Waals surface area contributed by atoms with E-state index in [1.165, 1.54) is 0 Å². The van der Waals surface area contributed by atoms with Gasteiger partial charge in [0.05, 0.1) is 18.7 Å². The maximum absolute atomic E-state index is 12.8. The number of likely N-dealkylation sites (N-methyl/N-ethyl adjacent to an activating group) is 1. The van der Waals surface area contributed by atoms with Crippen molar-refractivity contribution in [3.63, 3.8) is 0 Å². The van der Waals surface area contributed by atoms with Gasteiger partial charge in [-0.15, -0.1) is 12.4 Å². The number of ether oxygens (including phenoxy) is 2. The molecule has 0 radical (unpaired) electrons. The molecule has 0 aliphatic carbocycles. The van der Waals surface area contributed by atoms with Crippen molar-refractivity contribution in [2.75, 3.05) is 33.9 Å². The molecule has 1 unspecified atom stereocenters.